The maximum absolute atomic E-state index is 12.1. The lowest BCUT2D eigenvalue weighted by molar-refractivity contribution is 0.0692. The van der Waals surface area contributed by atoms with Gasteiger partial charge in [-0.3, -0.25) is 5.10 Å². The van der Waals surface area contributed by atoms with Gasteiger partial charge in [-0.25, -0.2) is 17.9 Å². The highest BCUT2D eigenvalue weighted by atomic mass is 32.2. The summed E-state index contributed by atoms with van der Waals surface area (Å²) >= 11 is 1.41. The average Bonchev–Trinajstić information content (AvgIpc) is 3.00. The summed E-state index contributed by atoms with van der Waals surface area (Å²) in [6.45, 7) is 1.68. The van der Waals surface area contributed by atoms with E-state index in [4.69, 9.17) is 5.11 Å². The summed E-state index contributed by atoms with van der Waals surface area (Å²) < 4.78 is 26.6. The Bertz CT molecular complexity index is 675. The summed E-state index contributed by atoms with van der Waals surface area (Å²) in [5.41, 5.74) is -0.383. The molecule has 0 aliphatic carbocycles. The molecule has 0 fully saturated rings. The van der Waals surface area contributed by atoms with Gasteiger partial charge in [-0.2, -0.15) is 5.10 Å². The number of nitrogens with one attached hydrogen (secondary N) is 2. The van der Waals surface area contributed by atoms with Gasteiger partial charge in [0, 0.05) is 4.88 Å². The first kappa shape index (κ1) is 13.7. The van der Waals surface area contributed by atoms with Gasteiger partial charge in [-0.1, -0.05) is 6.07 Å². The second-order valence-corrected chi connectivity index (χ2v) is 6.41. The Morgan fingerprint density at radius 3 is 2.89 bits per heavy atom. The van der Waals surface area contributed by atoms with Crippen molar-refractivity contribution in [1.29, 1.82) is 0 Å². The van der Waals surface area contributed by atoms with Crippen LogP contribution in [0.25, 0.3) is 0 Å². The zero-order chi connectivity index (χ0) is 14.0. The number of aromatic carboxylic acids is 1. The molecule has 1 atom stereocenters. The molecule has 0 aliphatic rings. The van der Waals surface area contributed by atoms with Gasteiger partial charge in [0.15, 0.2) is 5.03 Å². The molecule has 9 heteroatoms. The van der Waals surface area contributed by atoms with Crippen LogP contribution < -0.4 is 4.72 Å². The molecule has 102 valence electrons. The summed E-state index contributed by atoms with van der Waals surface area (Å²) in [6, 6.07) is 3.15. The molecule has 0 spiro atoms. The quantitative estimate of drug-likeness (QED) is 0.768. The first-order chi connectivity index (χ1) is 8.92. The number of aromatic nitrogens is 2. The van der Waals surface area contributed by atoms with E-state index in [9.17, 15) is 13.2 Å². The summed E-state index contributed by atoms with van der Waals surface area (Å²) in [5.74, 6) is -1.35. The fraction of sp³-hybridized carbons (Fsp3) is 0.200. The van der Waals surface area contributed by atoms with Crippen molar-refractivity contribution in [1.82, 2.24) is 14.9 Å². The number of carboxylic acids is 1. The highest BCUT2D eigenvalue weighted by Gasteiger charge is 2.26. The summed E-state index contributed by atoms with van der Waals surface area (Å²) in [5, 5.41) is 15.9. The van der Waals surface area contributed by atoms with Gasteiger partial charge in [0.1, 0.15) is 5.56 Å². The van der Waals surface area contributed by atoms with Gasteiger partial charge in [-0.05, 0) is 18.4 Å². The molecular weight excluding hydrogens is 290 g/mol. The van der Waals surface area contributed by atoms with E-state index < -0.39 is 27.1 Å². The van der Waals surface area contributed by atoms with E-state index in [1.807, 2.05) is 11.4 Å². The maximum Gasteiger partial charge on any atom is 0.340 e. The smallest absolute Gasteiger partial charge is 0.340 e. The van der Waals surface area contributed by atoms with Crippen LogP contribution in [0.4, 0.5) is 0 Å². The van der Waals surface area contributed by atoms with Crippen LogP contribution >= 0.6 is 11.3 Å². The van der Waals surface area contributed by atoms with Crippen LogP contribution in [0.2, 0.25) is 0 Å². The molecule has 0 saturated carbocycles. The number of hydrogen-bond donors (Lipinski definition) is 3. The standard InChI is InChI=1S/C10H11N3O4S2/c1-6(8-3-2-4-18-8)13-19(16,17)9-7(10(14)15)5-11-12-9/h2-6,13H,1H3,(H,11,12)(H,14,15)/t6-/m0/s1. The van der Waals surface area contributed by atoms with Crippen molar-refractivity contribution in [2.24, 2.45) is 0 Å². The Morgan fingerprint density at radius 2 is 2.32 bits per heavy atom. The highest BCUT2D eigenvalue weighted by molar-refractivity contribution is 7.89. The second-order valence-electron chi connectivity index (χ2n) is 3.78. The number of hydrogen-bond acceptors (Lipinski definition) is 5. The van der Waals surface area contributed by atoms with Crippen LogP contribution in [0.1, 0.15) is 28.2 Å². The molecule has 3 N–H and O–H groups in total. The predicted octanol–water partition coefficient (Wildman–Crippen LogP) is 1.21. The molecule has 0 aliphatic heterocycles. The largest absolute Gasteiger partial charge is 0.478 e. The highest BCUT2D eigenvalue weighted by Crippen LogP contribution is 2.21. The van der Waals surface area contributed by atoms with Crippen molar-refractivity contribution < 1.29 is 18.3 Å². The summed E-state index contributed by atoms with van der Waals surface area (Å²) in [4.78, 5) is 11.7. The molecule has 2 heterocycles. The molecule has 19 heavy (non-hydrogen) atoms. The first-order valence-electron chi connectivity index (χ1n) is 5.24. The van der Waals surface area contributed by atoms with Crippen molar-refractivity contribution in [2.75, 3.05) is 0 Å². The molecule has 2 aromatic rings. The zero-order valence-electron chi connectivity index (χ0n) is 9.82. The minimum Gasteiger partial charge on any atom is -0.478 e. The third-order valence-corrected chi connectivity index (χ3v) is 4.97. The van der Waals surface area contributed by atoms with Crippen molar-refractivity contribution in [3.63, 3.8) is 0 Å². The number of carbonyl (C=O) groups is 1. The van der Waals surface area contributed by atoms with Gasteiger partial charge < -0.3 is 5.11 Å². The molecule has 2 rings (SSSR count). The van der Waals surface area contributed by atoms with E-state index in [-0.39, 0.29) is 5.56 Å². The van der Waals surface area contributed by atoms with Crippen LogP contribution in [0.3, 0.4) is 0 Å². The summed E-state index contributed by atoms with van der Waals surface area (Å²) in [6.07, 6.45) is 0.965. The van der Waals surface area contributed by atoms with Gasteiger partial charge in [-0.15, -0.1) is 11.3 Å². The van der Waals surface area contributed by atoms with Crippen LogP contribution in [-0.4, -0.2) is 29.7 Å². The van der Waals surface area contributed by atoms with E-state index in [0.29, 0.717) is 0 Å². The molecular formula is C10H11N3O4S2. The molecule has 0 unspecified atom stereocenters. The number of carboxylic acid groups (broad SMARTS) is 1. The third kappa shape index (κ3) is 2.83. The molecule has 0 saturated heterocycles. The molecule has 0 bridgehead atoms. The molecule has 7 nitrogen and oxygen atoms in total. The number of aromatic amines is 1. The first-order valence-corrected chi connectivity index (χ1v) is 7.60. The number of rotatable bonds is 5. The van der Waals surface area contributed by atoms with E-state index in [1.165, 1.54) is 11.3 Å². The van der Waals surface area contributed by atoms with Gasteiger partial charge in [0.2, 0.25) is 0 Å². The normalized spacial score (nSPS) is 13.3. The Morgan fingerprint density at radius 1 is 1.58 bits per heavy atom. The van der Waals surface area contributed by atoms with E-state index >= 15 is 0 Å². The predicted molar refractivity (Wildman–Crippen MR) is 68.6 cm³/mol. The number of thiophene rings is 1. The molecule has 0 amide bonds. The molecule has 2 aromatic heterocycles. The van der Waals surface area contributed by atoms with Crippen molar-refractivity contribution >= 4 is 27.3 Å². The minimum absolute atomic E-state index is 0.383. The van der Waals surface area contributed by atoms with E-state index in [1.54, 1.807) is 13.0 Å². The van der Waals surface area contributed by atoms with Gasteiger partial charge in [0.05, 0.1) is 12.2 Å². The SMILES string of the molecule is C[C@H](NS(=O)(=O)c1[nH]ncc1C(=O)O)c1cccs1. The monoisotopic (exact) mass is 301 g/mol. The lowest BCUT2D eigenvalue weighted by Crippen LogP contribution is -2.28. The van der Waals surface area contributed by atoms with Gasteiger partial charge in [0.25, 0.3) is 10.0 Å². The lowest BCUT2D eigenvalue weighted by atomic mass is 10.3. The fourth-order valence-electron chi connectivity index (χ4n) is 1.52. The van der Waals surface area contributed by atoms with Crippen molar-refractivity contribution in [3.05, 3.63) is 34.2 Å². The number of nitrogens with zero attached hydrogens (tertiary/aromatic N) is 1. The maximum atomic E-state index is 12.1. The zero-order valence-corrected chi connectivity index (χ0v) is 11.5. The second kappa shape index (κ2) is 5.11. The topological polar surface area (TPSA) is 112 Å². The Kier molecular flexibility index (Phi) is 3.69. The van der Waals surface area contributed by atoms with Crippen LogP contribution in [0.15, 0.2) is 28.7 Å². The molecule has 0 radical (unpaired) electrons. The van der Waals surface area contributed by atoms with E-state index in [0.717, 1.165) is 11.1 Å². The lowest BCUT2D eigenvalue weighted by Gasteiger charge is -2.11. The Balaban J connectivity index is 2.28. The van der Waals surface area contributed by atoms with Gasteiger partial charge >= 0.3 is 5.97 Å². The van der Waals surface area contributed by atoms with Crippen molar-refractivity contribution in [3.8, 4) is 0 Å². The van der Waals surface area contributed by atoms with E-state index in [2.05, 4.69) is 14.9 Å². The minimum atomic E-state index is -3.96. The molecule has 0 aromatic carbocycles. The van der Waals surface area contributed by atoms with Crippen molar-refractivity contribution in [2.45, 2.75) is 18.0 Å². The third-order valence-electron chi connectivity index (χ3n) is 2.41. The average molecular weight is 301 g/mol. The number of H-pyrrole nitrogens is 1. The van der Waals surface area contributed by atoms with Crippen LogP contribution in [0.5, 0.6) is 0 Å². The van der Waals surface area contributed by atoms with Crippen LogP contribution in [0, 0.1) is 0 Å². The number of sulfonamides is 1. The van der Waals surface area contributed by atoms with Crippen LogP contribution in [-0.2, 0) is 10.0 Å². The Hall–Kier alpha value is -1.71. The fourth-order valence-corrected chi connectivity index (χ4v) is 3.64. The summed E-state index contributed by atoms with van der Waals surface area (Å²) in [7, 11) is -3.96. The Labute approximate surface area is 113 Å².